The molecular weight excluding hydrogens is 206 g/mol. The molecule has 0 aliphatic carbocycles. The summed E-state index contributed by atoms with van der Waals surface area (Å²) in [4.78, 5) is 2.07. The molecule has 0 fully saturated rings. The van der Waals surface area contributed by atoms with Crippen LogP contribution in [0.15, 0.2) is 49.2 Å². The van der Waals surface area contributed by atoms with E-state index >= 15 is 0 Å². The van der Waals surface area contributed by atoms with Gasteiger partial charge in [0, 0.05) is 12.4 Å². The van der Waals surface area contributed by atoms with E-state index in [0.29, 0.717) is 0 Å². The van der Waals surface area contributed by atoms with Crippen molar-refractivity contribution in [2.75, 3.05) is 11.9 Å². The maximum Gasteiger partial charge on any atom is 0.0512 e. The number of hydrogen-bond donors (Lipinski definition) is 0. The highest BCUT2D eigenvalue weighted by Gasteiger charge is 2.06. The van der Waals surface area contributed by atoms with E-state index < -0.39 is 0 Å². The molecule has 0 aliphatic heterocycles. The van der Waals surface area contributed by atoms with Crippen molar-refractivity contribution in [3.05, 3.63) is 54.7 Å². The Morgan fingerprint density at radius 2 is 1.71 bits per heavy atom. The molecule has 0 aromatic heterocycles. The third-order valence-corrected chi connectivity index (χ3v) is 2.73. The van der Waals surface area contributed by atoms with Gasteiger partial charge in [-0.15, -0.1) is 0 Å². The summed E-state index contributed by atoms with van der Waals surface area (Å²) < 4.78 is 0. The molecule has 1 heteroatoms. The van der Waals surface area contributed by atoms with Crippen LogP contribution < -0.4 is 4.90 Å². The topological polar surface area (TPSA) is 3.24 Å². The van der Waals surface area contributed by atoms with E-state index in [9.17, 15) is 0 Å². The molecule has 0 bridgehead atoms. The van der Waals surface area contributed by atoms with E-state index in [1.807, 2.05) is 27.1 Å². The van der Waals surface area contributed by atoms with Gasteiger partial charge in [-0.3, -0.25) is 0 Å². The van der Waals surface area contributed by atoms with Crippen LogP contribution in [0.4, 0.5) is 5.69 Å². The first kappa shape index (κ1) is 13.3. The zero-order valence-electron chi connectivity index (χ0n) is 11.2. The van der Waals surface area contributed by atoms with Crippen LogP contribution in [0.2, 0.25) is 0 Å². The predicted octanol–water partition coefficient (Wildman–Crippen LogP) is 4.75. The summed E-state index contributed by atoms with van der Waals surface area (Å²) in [6.45, 7) is 9.94. The van der Waals surface area contributed by atoms with Crippen LogP contribution in [-0.2, 0) is 0 Å². The van der Waals surface area contributed by atoms with Crippen LogP contribution >= 0.6 is 0 Å². The van der Waals surface area contributed by atoms with Gasteiger partial charge in [-0.1, -0.05) is 56.8 Å². The van der Waals surface area contributed by atoms with Crippen LogP contribution in [0.1, 0.15) is 19.4 Å². The summed E-state index contributed by atoms with van der Waals surface area (Å²) in [7, 11) is 2.03. The van der Waals surface area contributed by atoms with Gasteiger partial charge in [-0.25, -0.2) is 0 Å². The Bertz CT molecular complexity index is 500. The lowest BCUT2D eigenvalue weighted by molar-refractivity contribution is 1.20. The molecule has 0 heterocycles. The second kappa shape index (κ2) is 6.09. The second-order valence-electron chi connectivity index (χ2n) is 3.75. The van der Waals surface area contributed by atoms with Gasteiger partial charge in [0.1, 0.15) is 0 Å². The Labute approximate surface area is 104 Å². The van der Waals surface area contributed by atoms with E-state index in [1.165, 1.54) is 22.0 Å². The Balaban J connectivity index is 0.000000686. The van der Waals surface area contributed by atoms with Gasteiger partial charge >= 0.3 is 0 Å². The molecule has 0 atom stereocenters. The minimum Gasteiger partial charge on any atom is -0.351 e. The molecule has 2 aromatic rings. The molecule has 0 spiro atoms. The molecule has 0 saturated carbocycles. The van der Waals surface area contributed by atoms with Crippen molar-refractivity contribution in [1.29, 1.82) is 0 Å². The molecule has 1 nitrogen and oxygen atoms in total. The van der Waals surface area contributed by atoms with E-state index in [2.05, 4.69) is 54.8 Å². The van der Waals surface area contributed by atoms with Crippen LogP contribution in [0.3, 0.4) is 0 Å². The van der Waals surface area contributed by atoms with Gasteiger partial charge in [-0.05, 0) is 24.1 Å². The normalized spacial score (nSPS) is 9.41. The van der Waals surface area contributed by atoms with Gasteiger partial charge in [0.25, 0.3) is 0 Å². The Morgan fingerprint density at radius 3 is 2.35 bits per heavy atom. The lowest BCUT2D eigenvalue weighted by Crippen LogP contribution is -2.09. The largest absolute Gasteiger partial charge is 0.351 e. The van der Waals surface area contributed by atoms with E-state index in [1.54, 1.807) is 0 Å². The fourth-order valence-corrected chi connectivity index (χ4v) is 1.92. The third kappa shape index (κ3) is 2.68. The summed E-state index contributed by atoms with van der Waals surface area (Å²) in [5.41, 5.74) is 2.51. The highest BCUT2D eigenvalue weighted by molar-refractivity contribution is 5.96. The molecule has 0 saturated heterocycles. The molecular formula is C16H21N. The van der Waals surface area contributed by atoms with Gasteiger partial charge in [-0.2, -0.15) is 0 Å². The van der Waals surface area contributed by atoms with Crippen molar-refractivity contribution in [3.8, 4) is 0 Å². The van der Waals surface area contributed by atoms with E-state index in [4.69, 9.17) is 0 Å². The molecule has 0 amide bonds. The summed E-state index contributed by atoms with van der Waals surface area (Å²) >= 11 is 0. The summed E-state index contributed by atoms with van der Waals surface area (Å²) in [5.74, 6) is 0. The van der Waals surface area contributed by atoms with Crippen LogP contribution in [0, 0.1) is 6.92 Å². The van der Waals surface area contributed by atoms with E-state index in [-0.39, 0.29) is 0 Å². The van der Waals surface area contributed by atoms with Crippen molar-refractivity contribution >= 4 is 16.5 Å². The Kier molecular flexibility index (Phi) is 4.77. The molecule has 2 aromatic carbocycles. The molecule has 0 N–H and O–H groups in total. The molecule has 0 radical (unpaired) electrons. The minimum absolute atomic E-state index is 1.24. The molecule has 2 rings (SSSR count). The van der Waals surface area contributed by atoms with Gasteiger partial charge in [0.05, 0.1) is 5.69 Å². The van der Waals surface area contributed by atoms with Gasteiger partial charge in [0.15, 0.2) is 0 Å². The first-order valence-electron chi connectivity index (χ1n) is 6.08. The maximum absolute atomic E-state index is 3.81. The van der Waals surface area contributed by atoms with Crippen LogP contribution in [0.5, 0.6) is 0 Å². The number of aryl methyl sites for hydroxylation is 1. The fraction of sp³-hybridized carbons (Fsp3) is 0.250. The van der Waals surface area contributed by atoms with Crippen molar-refractivity contribution < 1.29 is 0 Å². The number of nitrogens with zero attached hydrogens (tertiary/aromatic N) is 1. The van der Waals surface area contributed by atoms with Crippen molar-refractivity contribution in [3.63, 3.8) is 0 Å². The number of hydrogen-bond acceptors (Lipinski definition) is 1. The number of benzene rings is 2. The van der Waals surface area contributed by atoms with Gasteiger partial charge < -0.3 is 4.90 Å². The number of fused-ring (bicyclic) bond motifs is 1. The SMILES string of the molecule is C=CN(C)c1c(C)ccc2ccccc12.CC. The smallest absolute Gasteiger partial charge is 0.0512 e. The van der Waals surface area contributed by atoms with Crippen molar-refractivity contribution in [2.24, 2.45) is 0 Å². The number of anilines is 1. The monoisotopic (exact) mass is 227 g/mol. The average Bonchev–Trinajstić information content (AvgIpc) is 2.40. The summed E-state index contributed by atoms with van der Waals surface area (Å²) in [6, 6.07) is 12.7. The zero-order chi connectivity index (χ0) is 12.8. The van der Waals surface area contributed by atoms with Crippen molar-refractivity contribution in [1.82, 2.24) is 0 Å². The summed E-state index contributed by atoms with van der Waals surface area (Å²) in [5, 5.41) is 2.55. The van der Waals surface area contributed by atoms with Gasteiger partial charge in [0.2, 0.25) is 0 Å². The average molecular weight is 227 g/mol. The maximum atomic E-state index is 3.81. The quantitative estimate of drug-likeness (QED) is 0.715. The van der Waals surface area contributed by atoms with Crippen LogP contribution in [-0.4, -0.2) is 7.05 Å². The standard InChI is InChI=1S/C14H15N.C2H6/c1-4-15(3)14-11(2)9-10-12-7-5-6-8-13(12)14;1-2/h4-10H,1H2,2-3H3;1-2H3. The van der Waals surface area contributed by atoms with Crippen LogP contribution in [0.25, 0.3) is 10.8 Å². The predicted molar refractivity (Wildman–Crippen MR) is 78.6 cm³/mol. The fourth-order valence-electron chi connectivity index (χ4n) is 1.92. The van der Waals surface area contributed by atoms with E-state index in [0.717, 1.165) is 0 Å². The highest BCUT2D eigenvalue weighted by Crippen LogP contribution is 2.29. The molecule has 17 heavy (non-hydrogen) atoms. The lowest BCUT2D eigenvalue weighted by Gasteiger charge is -2.19. The third-order valence-electron chi connectivity index (χ3n) is 2.73. The lowest BCUT2D eigenvalue weighted by atomic mass is 10.0. The Morgan fingerprint density at radius 1 is 1.06 bits per heavy atom. The first-order valence-corrected chi connectivity index (χ1v) is 6.08. The second-order valence-corrected chi connectivity index (χ2v) is 3.75. The molecule has 90 valence electrons. The molecule has 0 aliphatic rings. The zero-order valence-corrected chi connectivity index (χ0v) is 11.2. The highest BCUT2D eigenvalue weighted by atomic mass is 15.1. The summed E-state index contributed by atoms with van der Waals surface area (Å²) in [6.07, 6.45) is 1.84. The first-order chi connectivity index (χ1) is 8.24. The minimum atomic E-state index is 1.24. The van der Waals surface area contributed by atoms with Crippen molar-refractivity contribution in [2.45, 2.75) is 20.8 Å². The Hall–Kier alpha value is -1.76. The molecule has 0 unspecified atom stereocenters. The number of rotatable bonds is 2.